The van der Waals surface area contributed by atoms with E-state index in [2.05, 4.69) is 5.32 Å². The first-order valence-electron chi connectivity index (χ1n) is 10.2. The highest BCUT2D eigenvalue weighted by atomic mass is 32.1. The van der Waals surface area contributed by atoms with Gasteiger partial charge in [0.1, 0.15) is 5.00 Å². The van der Waals surface area contributed by atoms with E-state index in [9.17, 15) is 19.2 Å². The highest BCUT2D eigenvalue weighted by Crippen LogP contribution is 2.38. The average Bonchev–Trinajstić information content (AvgIpc) is 3.32. The van der Waals surface area contributed by atoms with Gasteiger partial charge in [-0.2, -0.15) is 0 Å². The SMILES string of the molecule is CCN(C(=O)COC(=O)CCC(=O)Nc1sc2c(c1C(N)=O)CCC2)c1ccccc1. The van der Waals surface area contributed by atoms with Gasteiger partial charge in [0.05, 0.1) is 12.0 Å². The van der Waals surface area contributed by atoms with Gasteiger partial charge in [0.2, 0.25) is 5.91 Å². The van der Waals surface area contributed by atoms with E-state index in [0.29, 0.717) is 17.1 Å². The molecule has 0 bridgehead atoms. The molecule has 1 aromatic heterocycles. The number of carbonyl (C=O) groups excluding carboxylic acids is 4. The third kappa shape index (κ3) is 5.49. The molecule has 3 rings (SSSR count). The summed E-state index contributed by atoms with van der Waals surface area (Å²) in [5.41, 5.74) is 7.50. The van der Waals surface area contributed by atoms with Crippen molar-refractivity contribution in [1.29, 1.82) is 0 Å². The molecular weight excluding hydrogens is 418 g/mol. The van der Waals surface area contributed by atoms with Crippen molar-refractivity contribution >= 4 is 45.7 Å². The number of para-hydroxylation sites is 1. The molecule has 3 N–H and O–H groups in total. The number of ether oxygens (including phenoxy) is 1. The number of primary amides is 1. The Morgan fingerprint density at radius 1 is 1.13 bits per heavy atom. The molecule has 2 aromatic rings. The Kier molecular flexibility index (Phi) is 7.41. The molecule has 0 radical (unpaired) electrons. The number of fused-ring (bicyclic) bond motifs is 1. The molecule has 0 fully saturated rings. The molecule has 1 aliphatic rings. The zero-order valence-electron chi connectivity index (χ0n) is 17.3. The number of esters is 1. The lowest BCUT2D eigenvalue weighted by Crippen LogP contribution is -2.34. The minimum Gasteiger partial charge on any atom is -0.456 e. The fourth-order valence-corrected chi connectivity index (χ4v) is 4.87. The van der Waals surface area contributed by atoms with Crippen molar-refractivity contribution in [3.05, 3.63) is 46.3 Å². The predicted octanol–water partition coefficient (Wildman–Crippen LogP) is 2.65. The normalized spacial score (nSPS) is 12.2. The number of hydrogen-bond acceptors (Lipinski definition) is 6. The Morgan fingerprint density at radius 3 is 2.55 bits per heavy atom. The van der Waals surface area contributed by atoms with Crippen molar-refractivity contribution in [1.82, 2.24) is 0 Å². The molecule has 164 valence electrons. The Bertz CT molecular complexity index is 987. The van der Waals surface area contributed by atoms with Crippen LogP contribution in [0.1, 0.15) is 47.0 Å². The Labute approximate surface area is 184 Å². The van der Waals surface area contributed by atoms with Gasteiger partial charge in [0, 0.05) is 23.5 Å². The van der Waals surface area contributed by atoms with Crippen molar-refractivity contribution in [3.8, 4) is 0 Å². The highest BCUT2D eigenvalue weighted by molar-refractivity contribution is 7.17. The van der Waals surface area contributed by atoms with Crippen LogP contribution in [0, 0.1) is 0 Å². The van der Waals surface area contributed by atoms with E-state index < -0.39 is 24.4 Å². The van der Waals surface area contributed by atoms with Crippen LogP contribution >= 0.6 is 11.3 Å². The zero-order valence-corrected chi connectivity index (χ0v) is 18.1. The molecule has 8 nitrogen and oxygen atoms in total. The maximum atomic E-state index is 12.4. The van der Waals surface area contributed by atoms with Gasteiger partial charge in [-0.05, 0) is 43.9 Å². The van der Waals surface area contributed by atoms with Crippen LogP contribution in [0.3, 0.4) is 0 Å². The van der Waals surface area contributed by atoms with Crippen LogP contribution in [0.4, 0.5) is 10.7 Å². The number of benzene rings is 1. The number of rotatable bonds is 9. The molecule has 0 atom stereocenters. The molecule has 1 aromatic carbocycles. The molecule has 0 saturated heterocycles. The Balaban J connectivity index is 1.47. The Hall–Kier alpha value is -3.20. The molecule has 1 aliphatic carbocycles. The monoisotopic (exact) mass is 443 g/mol. The smallest absolute Gasteiger partial charge is 0.306 e. The van der Waals surface area contributed by atoms with E-state index >= 15 is 0 Å². The lowest BCUT2D eigenvalue weighted by Gasteiger charge is -2.20. The number of amides is 3. The lowest BCUT2D eigenvalue weighted by atomic mass is 10.1. The largest absolute Gasteiger partial charge is 0.456 e. The van der Waals surface area contributed by atoms with Crippen LogP contribution in [0.25, 0.3) is 0 Å². The summed E-state index contributed by atoms with van der Waals surface area (Å²) in [7, 11) is 0. The van der Waals surface area contributed by atoms with Gasteiger partial charge in [-0.3, -0.25) is 19.2 Å². The summed E-state index contributed by atoms with van der Waals surface area (Å²) >= 11 is 1.36. The molecule has 0 aliphatic heterocycles. The third-order valence-electron chi connectivity index (χ3n) is 5.02. The number of carbonyl (C=O) groups is 4. The standard InChI is InChI=1S/C22H25N3O5S/c1-2-25(14-7-4-3-5-8-14)18(27)13-30-19(28)12-11-17(26)24-22-20(21(23)29)15-9-6-10-16(15)31-22/h3-5,7-8H,2,6,9-13H2,1H3,(H2,23,29)(H,24,26). The quantitative estimate of drug-likeness (QED) is 0.578. The Morgan fingerprint density at radius 2 is 1.87 bits per heavy atom. The third-order valence-corrected chi connectivity index (χ3v) is 6.23. The van der Waals surface area contributed by atoms with Gasteiger partial charge in [-0.25, -0.2) is 0 Å². The molecule has 1 heterocycles. The van der Waals surface area contributed by atoms with Crippen molar-refractivity contribution in [2.24, 2.45) is 5.73 Å². The number of nitrogens with zero attached hydrogens (tertiary/aromatic N) is 1. The summed E-state index contributed by atoms with van der Waals surface area (Å²) in [4.78, 5) is 51.0. The van der Waals surface area contributed by atoms with Crippen LogP contribution in [0.15, 0.2) is 30.3 Å². The summed E-state index contributed by atoms with van der Waals surface area (Å²) in [5.74, 6) is -1.96. The van der Waals surface area contributed by atoms with Crippen LogP contribution in [-0.2, 0) is 32.0 Å². The van der Waals surface area contributed by atoms with E-state index in [4.69, 9.17) is 10.5 Å². The minimum absolute atomic E-state index is 0.121. The molecular formula is C22H25N3O5S. The second-order valence-electron chi connectivity index (χ2n) is 7.11. The van der Waals surface area contributed by atoms with Crippen LogP contribution in [0.2, 0.25) is 0 Å². The van der Waals surface area contributed by atoms with E-state index in [-0.39, 0.29) is 18.7 Å². The zero-order chi connectivity index (χ0) is 22.4. The summed E-state index contributed by atoms with van der Waals surface area (Å²) < 4.78 is 5.04. The number of hydrogen-bond donors (Lipinski definition) is 2. The summed E-state index contributed by atoms with van der Waals surface area (Å²) in [5, 5.41) is 3.12. The molecule has 0 saturated carbocycles. The van der Waals surface area contributed by atoms with Gasteiger partial charge < -0.3 is 20.7 Å². The van der Waals surface area contributed by atoms with Crippen LogP contribution in [-0.4, -0.2) is 36.8 Å². The molecule has 3 amide bonds. The van der Waals surface area contributed by atoms with Crippen molar-refractivity contribution in [2.45, 2.75) is 39.0 Å². The van der Waals surface area contributed by atoms with Gasteiger partial charge in [0.15, 0.2) is 6.61 Å². The molecule has 0 unspecified atom stereocenters. The van der Waals surface area contributed by atoms with Crippen LogP contribution < -0.4 is 16.0 Å². The number of nitrogens with two attached hydrogens (primary N) is 1. The number of nitrogens with one attached hydrogen (secondary N) is 1. The topological polar surface area (TPSA) is 119 Å². The second kappa shape index (κ2) is 10.2. The predicted molar refractivity (Wildman–Crippen MR) is 118 cm³/mol. The highest BCUT2D eigenvalue weighted by Gasteiger charge is 2.26. The van der Waals surface area contributed by atoms with Crippen molar-refractivity contribution in [2.75, 3.05) is 23.4 Å². The molecule has 9 heteroatoms. The lowest BCUT2D eigenvalue weighted by molar-refractivity contribution is -0.148. The molecule has 0 spiro atoms. The van der Waals surface area contributed by atoms with Crippen molar-refractivity contribution < 1.29 is 23.9 Å². The van der Waals surface area contributed by atoms with Crippen molar-refractivity contribution in [3.63, 3.8) is 0 Å². The fraction of sp³-hybridized carbons (Fsp3) is 0.364. The van der Waals surface area contributed by atoms with E-state index in [1.165, 1.54) is 16.2 Å². The van der Waals surface area contributed by atoms with Crippen LogP contribution in [0.5, 0.6) is 0 Å². The first-order valence-corrected chi connectivity index (χ1v) is 11.0. The summed E-state index contributed by atoms with van der Waals surface area (Å²) in [6, 6.07) is 9.09. The summed E-state index contributed by atoms with van der Waals surface area (Å²) in [6.45, 7) is 1.88. The van der Waals surface area contributed by atoms with E-state index in [1.807, 2.05) is 25.1 Å². The van der Waals surface area contributed by atoms with Gasteiger partial charge >= 0.3 is 5.97 Å². The summed E-state index contributed by atoms with van der Waals surface area (Å²) in [6.07, 6.45) is 2.32. The average molecular weight is 444 g/mol. The maximum Gasteiger partial charge on any atom is 0.306 e. The number of aryl methyl sites for hydroxylation is 1. The number of thiophene rings is 1. The van der Waals surface area contributed by atoms with Gasteiger partial charge in [0.25, 0.3) is 11.8 Å². The number of anilines is 2. The number of likely N-dealkylation sites (N-methyl/N-ethyl adjacent to an activating group) is 1. The first-order chi connectivity index (χ1) is 14.9. The molecule has 31 heavy (non-hydrogen) atoms. The van der Waals surface area contributed by atoms with Gasteiger partial charge in [-0.1, -0.05) is 18.2 Å². The maximum absolute atomic E-state index is 12.4. The van der Waals surface area contributed by atoms with E-state index in [1.54, 1.807) is 12.1 Å². The minimum atomic E-state index is -0.642. The van der Waals surface area contributed by atoms with Gasteiger partial charge in [-0.15, -0.1) is 11.3 Å². The van der Waals surface area contributed by atoms with E-state index in [0.717, 1.165) is 35.4 Å². The second-order valence-corrected chi connectivity index (χ2v) is 8.21. The first kappa shape index (κ1) is 22.5. The fourth-order valence-electron chi connectivity index (χ4n) is 3.56.